The summed E-state index contributed by atoms with van der Waals surface area (Å²) in [6.45, 7) is 0. The fourth-order valence-electron chi connectivity index (χ4n) is 0.743. The van der Waals surface area contributed by atoms with Gasteiger partial charge in [0.1, 0.15) is 4.88 Å². The van der Waals surface area contributed by atoms with Crippen LogP contribution in [0, 0.1) is 0 Å². The average Bonchev–Trinajstić information content (AvgIpc) is 2.58. The first kappa shape index (κ1) is 8.40. The van der Waals surface area contributed by atoms with Gasteiger partial charge >= 0.3 is 0 Å². The molecular formula is C6H2Br2N2OS. The number of hydrogen-bond acceptors (Lipinski definition) is 4. The van der Waals surface area contributed by atoms with E-state index in [9.17, 15) is 0 Å². The summed E-state index contributed by atoms with van der Waals surface area (Å²) >= 11 is 8.02. The molecule has 0 saturated heterocycles. The molecule has 62 valence electrons. The highest BCUT2D eigenvalue weighted by molar-refractivity contribution is 9.10. The van der Waals surface area contributed by atoms with Crippen LogP contribution in [0.2, 0.25) is 0 Å². The van der Waals surface area contributed by atoms with Crippen molar-refractivity contribution in [2.75, 3.05) is 0 Å². The standard InChI is InChI=1S/C6H2Br2N2OS/c7-3-1-2-12-4(3)5-9-10-6(8)11-5/h1-2H. The second-order valence-electron chi connectivity index (χ2n) is 1.96. The third-order valence-corrected chi connectivity index (χ3v) is 3.36. The molecule has 0 aromatic carbocycles. The van der Waals surface area contributed by atoms with Crippen molar-refractivity contribution >= 4 is 43.2 Å². The zero-order chi connectivity index (χ0) is 8.55. The van der Waals surface area contributed by atoms with E-state index < -0.39 is 0 Å². The highest BCUT2D eigenvalue weighted by atomic mass is 79.9. The van der Waals surface area contributed by atoms with Crippen LogP contribution in [-0.4, -0.2) is 10.2 Å². The van der Waals surface area contributed by atoms with E-state index in [1.807, 2.05) is 11.4 Å². The fourth-order valence-corrected chi connectivity index (χ4v) is 2.44. The summed E-state index contributed by atoms with van der Waals surface area (Å²) in [4.78, 5) is 1.35. The molecule has 3 nitrogen and oxygen atoms in total. The Balaban J connectivity index is 2.50. The minimum atomic E-state index is 0.401. The van der Waals surface area contributed by atoms with Crippen molar-refractivity contribution in [3.63, 3.8) is 0 Å². The Morgan fingerprint density at radius 3 is 2.67 bits per heavy atom. The third kappa shape index (κ3) is 1.46. The van der Waals surface area contributed by atoms with Gasteiger partial charge in [-0.2, -0.15) is 0 Å². The van der Waals surface area contributed by atoms with Crippen molar-refractivity contribution in [3.8, 4) is 10.8 Å². The average molecular weight is 310 g/mol. The Kier molecular flexibility index (Phi) is 2.29. The van der Waals surface area contributed by atoms with E-state index >= 15 is 0 Å². The Labute approximate surface area is 89.1 Å². The van der Waals surface area contributed by atoms with Crippen molar-refractivity contribution in [3.05, 3.63) is 20.7 Å². The zero-order valence-electron chi connectivity index (χ0n) is 5.62. The molecule has 0 amide bonds. The largest absolute Gasteiger partial charge is 0.410 e. The lowest BCUT2D eigenvalue weighted by atomic mass is 10.5. The molecular weight excluding hydrogens is 308 g/mol. The quantitative estimate of drug-likeness (QED) is 0.811. The summed E-state index contributed by atoms with van der Waals surface area (Å²) in [5.41, 5.74) is 0. The molecule has 0 aliphatic rings. The molecule has 0 aliphatic carbocycles. The molecule has 12 heavy (non-hydrogen) atoms. The van der Waals surface area contributed by atoms with Crippen LogP contribution in [0.1, 0.15) is 0 Å². The Morgan fingerprint density at radius 2 is 2.17 bits per heavy atom. The van der Waals surface area contributed by atoms with Crippen LogP contribution in [0.5, 0.6) is 0 Å². The van der Waals surface area contributed by atoms with E-state index in [1.165, 1.54) is 0 Å². The second-order valence-corrected chi connectivity index (χ2v) is 4.41. The van der Waals surface area contributed by atoms with Crippen molar-refractivity contribution in [1.29, 1.82) is 0 Å². The first-order chi connectivity index (χ1) is 5.77. The zero-order valence-corrected chi connectivity index (χ0v) is 9.61. The van der Waals surface area contributed by atoms with Gasteiger partial charge in [0.25, 0.3) is 10.7 Å². The molecule has 0 bridgehead atoms. The van der Waals surface area contributed by atoms with Gasteiger partial charge in [0.05, 0.1) is 0 Å². The first-order valence-electron chi connectivity index (χ1n) is 3.00. The maximum Gasteiger partial charge on any atom is 0.285 e. The minimum absolute atomic E-state index is 0.401. The molecule has 2 rings (SSSR count). The van der Waals surface area contributed by atoms with Crippen molar-refractivity contribution in [2.45, 2.75) is 0 Å². The van der Waals surface area contributed by atoms with E-state index in [0.29, 0.717) is 10.7 Å². The van der Waals surface area contributed by atoms with Crippen LogP contribution < -0.4 is 0 Å². The lowest BCUT2D eigenvalue weighted by Gasteiger charge is -1.86. The maximum atomic E-state index is 5.18. The molecule has 0 unspecified atom stereocenters. The normalized spacial score (nSPS) is 10.5. The Bertz CT molecular complexity index is 398. The van der Waals surface area contributed by atoms with Crippen LogP contribution in [-0.2, 0) is 0 Å². The van der Waals surface area contributed by atoms with Gasteiger partial charge in [-0.05, 0) is 27.4 Å². The van der Waals surface area contributed by atoms with E-state index in [4.69, 9.17) is 4.42 Å². The third-order valence-electron chi connectivity index (χ3n) is 1.21. The van der Waals surface area contributed by atoms with E-state index in [2.05, 4.69) is 42.1 Å². The van der Waals surface area contributed by atoms with Crippen LogP contribution in [0.3, 0.4) is 0 Å². The van der Waals surface area contributed by atoms with Gasteiger partial charge in [0, 0.05) is 20.4 Å². The molecule has 0 atom stereocenters. The topological polar surface area (TPSA) is 38.9 Å². The van der Waals surface area contributed by atoms with Crippen LogP contribution in [0.25, 0.3) is 10.8 Å². The highest BCUT2D eigenvalue weighted by Crippen LogP contribution is 2.32. The predicted octanol–water partition coefficient (Wildman–Crippen LogP) is 3.32. The van der Waals surface area contributed by atoms with Gasteiger partial charge in [-0.3, -0.25) is 0 Å². The van der Waals surface area contributed by atoms with Crippen molar-refractivity contribution < 1.29 is 4.42 Å². The molecule has 0 aliphatic heterocycles. The Morgan fingerprint density at radius 1 is 1.33 bits per heavy atom. The van der Waals surface area contributed by atoms with Gasteiger partial charge in [0.15, 0.2) is 0 Å². The van der Waals surface area contributed by atoms with Crippen LogP contribution >= 0.6 is 43.2 Å². The van der Waals surface area contributed by atoms with Crippen LogP contribution in [0.15, 0.2) is 25.1 Å². The summed E-state index contributed by atoms with van der Waals surface area (Å²) < 4.78 is 6.16. The molecule has 0 N–H and O–H groups in total. The van der Waals surface area contributed by atoms with Gasteiger partial charge in [-0.15, -0.1) is 21.5 Å². The second kappa shape index (κ2) is 3.27. The predicted molar refractivity (Wildman–Crippen MR) is 53.0 cm³/mol. The number of aromatic nitrogens is 2. The number of thiophene rings is 1. The van der Waals surface area contributed by atoms with Gasteiger partial charge in [0.2, 0.25) is 0 Å². The van der Waals surface area contributed by atoms with Gasteiger partial charge < -0.3 is 4.42 Å². The SMILES string of the molecule is Brc1nnc(-c2sccc2Br)o1. The summed E-state index contributed by atoms with van der Waals surface area (Å²) in [6, 6.07) is 1.94. The summed E-state index contributed by atoms with van der Waals surface area (Å²) in [5, 5.41) is 9.49. The number of halogens is 2. The molecule has 6 heteroatoms. The molecule has 2 aromatic rings. The first-order valence-corrected chi connectivity index (χ1v) is 5.46. The number of rotatable bonds is 1. The molecule has 0 saturated carbocycles. The van der Waals surface area contributed by atoms with Gasteiger partial charge in [-0.25, -0.2) is 0 Å². The monoisotopic (exact) mass is 308 g/mol. The summed E-state index contributed by atoms with van der Waals surface area (Å²) in [7, 11) is 0. The molecule has 0 spiro atoms. The number of nitrogens with zero attached hydrogens (tertiary/aromatic N) is 2. The highest BCUT2D eigenvalue weighted by Gasteiger charge is 2.10. The van der Waals surface area contributed by atoms with Crippen LogP contribution in [0.4, 0.5) is 0 Å². The number of hydrogen-bond donors (Lipinski definition) is 0. The molecule has 2 heterocycles. The molecule has 0 fully saturated rings. The molecule has 2 aromatic heterocycles. The van der Waals surface area contributed by atoms with Gasteiger partial charge in [-0.1, -0.05) is 0 Å². The summed E-state index contributed by atoms with van der Waals surface area (Å²) in [5.74, 6) is 0.531. The fraction of sp³-hybridized carbons (Fsp3) is 0. The summed E-state index contributed by atoms with van der Waals surface area (Å²) in [6.07, 6.45) is 0. The Hall–Kier alpha value is -0.200. The lowest BCUT2D eigenvalue weighted by Crippen LogP contribution is -1.71. The van der Waals surface area contributed by atoms with E-state index in [0.717, 1.165) is 9.35 Å². The maximum absolute atomic E-state index is 5.18. The smallest absolute Gasteiger partial charge is 0.285 e. The van der Waals surface area contributed by atoms with Crippen molar-refractivity contribution in [1.82, 2.24) is 10.2 Å². The van der Waals surface area contributed by atoms with E-state index in [-0.39, 0.29) is 0 Å². The van der Waals surface area contributed by atoms with Crippen molar-refractivity contribution in [2.24, 2.45) is 0 Å². The molecule has 0 radical (unpaired) electrons. The van der Waals surface area contributed by atoms with E-state index in [1.54, 1.807) is 11.3 Å². The minimum Gasteiger partial charge on any atom is -0.410 e. The lowest BCUT2D eigenvalue weighted by molar-refractivity contribution is 0.541.